The lowest BCUT2D eigenvalue weighted by molar-refractivity contribution is -0.227. The summed E-state index contributed by atoms with van der Waals surface area (Å²) in [6.45, 7) is 2.13. The van der Waals surface area contributed by atoms with Gasteiger partial charge in [0.1, 0.15) is 0 Å². The lowest BCUT2D eigenvalue weighted by Gasteiger charge is -2.42. The molecule has 1 aliphatic heterocycles. The van der Waals surface area contributed by atoms with Gasteiger partial charge in [0.25, 0.3) is 0 Å². The lowest BCUT2D eigenvalue weighted by Crippen LogP contribution is -2.46. The number of ether oxygens (including phenoxy) is 2. The average Bonchev–Trinajstić information content (AvgIpc) is 2.40. The second-order valence-corrected chi connectivity index (χ2v) is 4.75. The summed E-state index contributed by atoms with van der Waals surface area (Å²) in [5, 5.41) is 0. The summed E-state index contributed by atoms with van der Waals surface area (Å²) in [7, 11) is 3.50. The van der Waals surface area contributed by atoms with E-state index < -0.39 is 0 Å². The maximum absolute atomic E-state index is 5.50. The molecule has 0 unspecified atom stereocenters. The van der Waals surface area contributed by atoms with Crippen molar-refractivity contribution in [3.63, 3.8) is 0 Å². The molecule has 0 bridgehead atoms. The van der Waals surface area contributed by atoms with Crippen LogP contribution in [0.5, 0.6) is 0 Å². The Kier molecular flexibility index (Phi) is 3.87. The highest BCUT2D eigenvalue weighted by molar-refractivity contribution is 5.05. The van der Waals surface area contributed by atoms with E-state index in [1.54, 1.807) is 19.9 Å². The van der Waals surface area contributed by atoms with Crippen LogP contribution in [0.1, 0.15) is 38.5 Å². The fourth-order valence-corrected chi connectivity index (χ4v) is 2.73. The third kappa shape index (κ3) is 2.41. The highest BCUT2D eigenvalue weighted by atomic mass is 16.7. The number of piperidine rings is 1. The Bertz CT molecular complexity index is 249. The molecule has 2 aliphatic rings. The number of allylic oxidation sites excluding steroid dienone is 2. The van der Waals surface area contributed by atoms with E-state index in [2.05, 4.69) is 11.0 Å². The summed E-state index contributed by atoms with van der Waals surface area (Å²) < 4.78 is 11.0. The summed E-state index contributed by atoms with van der Waals surface area (Å²) in [6, 6.07) is 0. The van der Waals surface area contributed by atoms with Gasteiger partial charge in [-0.3, -0.25) is 0 Å². The van der Waals surface area contributed by atoms with E-state index in [0.29, 0.717) is 0 Å². The Balaban J connectivity index is 1.91. The zero-order valence-electron chi connectivity index (χ0n) is 10.5. The molecule has 0 aromatic carbocycles. The molecule has 0 aromatic rings. The van der Waals surface area contributed by atoms with Gasteiger partial charge in [-0.2, -0.15) is 0 Å². The summed E-state index contributed by atoms with van der Waals surface area (Å²) in [5.74, 6) is -0.328. The highest BCUT2D eigenvalue weighted by Gasteiger charge is 2.34. The fourth-order valence-electron chi connectivity index (χ4n) is 2.73. The van der Waals surface area contributed by atoms with Crippen LogP contribution in [0.2, 0.25) is 0 Å². The van der Waals surface area contributed by atoms with Gasteiger partial charge in [-0.05, 0) is 25.7 Å². The molecule has 1 heterocycles. The summed E-state index contributed by atoms with van der Waals surface area (Å²) in [5.41, 5.74) is 1.55. The molecule has 3 heteroatoms. The normalized spacial score (nSPS) is 25.4. The number of nitrogens with zero attached hydrogens (tertiary/aromatic N) is 1. The summed E-state index contributed by atoms with van der Waals surface area (Å²) >= 11 is 0. The van der Waals surface area contributed by atoms with Gasteiger partial charge in [-0.1, -0.05) is 6.08 Å². The van der Waals surface area contributed by atoms with Crippen LogP contribution in [0.25, 0.3) is 0 Å². The van der Waals surface area contributed by atoms with Crippen LogP contribution in [-0.2, 0) is 9.47 Å². The Morgan fingerprint density at radius 1 is 1.12 bits per heavy atom. The van der Waals surface area contributed by atoms with Crippen molar-refractivity contribution < 1.29 is 9.47 Å². The van der Waals surface area contributed by atoms with Crippen molar-refractivity contribution in [3.8, 4) is 0 Å². The van der Waals surface area contributed by atoms with Gasteiger partial charge < -0.3 is 14.4 Å². The first-order valence-electron chi connectivity index (χ1n) is 6.34. The van der Waals surface area contributed by atoms with Crippen molar-refractivity contribution >= 4 is 0 Å². The molecule has 3 nitrogen and oxygen atoms in total. The number of rotatable bonds is 3. The highest BCUT2D eigenvalue weighted by Crippen LogP contribution is 2.30. The Morgan fingerprint density at radius 2 is 1.81 bits per heavy atom. The molecule has 0 aromatic heterocycles. The fraction of sp³-hybridized carbons (Fsp3) is 0.846. The maximum atomic E-state index is 5.50. The largest absolute Gasteiger partial charge is 0.375 e. The lowest BCUT2D eigenvalue weighted by atomic mass is 9.98. The minimum absolute atomic E-state index is 0.328. The Morgan fingerprint density at radius 3 is 2.31 bits per heavy atom. The monoisotopic (exact) mass is 225 g/mol. The molecule has 1 aliphatic carbocycles. The topological polar surface area (TPSA) is 21.7 Å². The molecule has 0 spiro atoms. The molecule has 2 rings (SSSR count). The number of hydrogen-bond donors (Lipinski definition) is 0. The molecular weight excluding hydrogens is 202 g/mol. The minimum Gasteiger partial charge on any atom is -0.375 e. The Hall–Kier alpha value is -0.540. The van der Waals surface area contributed by atoms with Crippen molar-refractivity contribution in [3.05, 3.63) is 11.8 Å². The summed E-state index contributed by atoms with van der Waals surface area (Å²) in [6.07, 6.45) is 9.57. The zero-order valence-corrected chi connectivity index (χ0v) is 10.5. The van der Waals surface area contributed by atoms with Crippen LogP contribution in [0.3, 0.4) is 0 Å². The van der Waals surface area contributed by atoms with E-state index in [0.717, 1.165) is 25.9 Å². The third-order valence-electron chi connectivity index (χ3n) is 3.94. The first kappa shape index (κ1) is 11.9. The van der Waals surface area contributed by atoms with Gasteiger partial charge in [-0.25, -0.2) is 0 Å². The van der Waals surface area contributed by atoms with Crippen molar-refractivity contribution in [2.75, 3.05) is 27.3 Å². The molecule has 0 amide bonds. The predicted octanol–water partition coefficient (Wildman–Crippen LogP) is 2.53. The summed E-state index contributed by atoms with van der Waals surface area (Å²) in [4.78, 5) is 2.51. The minimum atomic E-state index is -0.328. The van der Waals surface area contributed by atoms with E-state index in [1.807, 2.05) is 0 Å². The van der Waals surface area contributed by atoms with Crippen LogP contribution < -0.4 is 0 Å². The van der Waals surface area contributed by atoms with E-state index in [4.69, 9.17) is 9.47 Å². The first-order valence-corrected chi connectivity index (χ1v) is 6.34. The van der Waals surface area contributed by atoms with Crippen LogP contribution in [0, 0.1) is 0 Å². The first-order chi connectivity index (χ1) is 7.79. The molecule has 92 valence electrons. The average molecular weight is 225 g/mol. The quantitative estimate of drug-likeness (QED) is 0.689. The van der Waals surface area contributed by atoms with Gasteiger partial charge in [0.15, 0.2) is 5.79 Å². The van der Waals surface area contributed by atoms with Gasteiger partial charge in [0.05, 0.1) is 0 Å². The van der Waals surface area contributed by atoms with E-state index in [1.165, 1.54) is 25.7 Å². The van der Waals surface area contributed by atoms with Gasteiger partial charge in [0, 0.05) is 45.8 Å². The molecule has 1 saturated heterocycles. The molecule has 0 N–H and O–H groups in total. The molecule has 0 atom stereocenters. The Labute approximate surface area is 98.4 Å². The van der Waals surface area contributed by atoms with Crippen molar-refractivity contribution in [1.29, 1.82) is 0 Å². The van der Waals surface area contributed by atoms with Gasteiger partial charge >= 0.3 is 0 Å². The zero-order chi connectivity index (χ0) is 11.4. The van der Waals surface area contributed by atoms with Crippen LogP contribution in [0.15, 0.2) is 11.8 Å². The molecule has 1 fully saturated rings. The number of hydrogen-bond acceptors (Lipinski definition) is 3. The molecule has 16 heavy (non-hydrogen) atoms. The van der Waals surface area contributed by atoms with Crippen LogP contribution in [-0.4, -0.2) is 38.0 Å². The van der Waals surface area contributed by atoms with Crippen LogP contribution >= 0.6 is 0 Å². The second-order valence-electron chi connectivity index (χ2n) is 4.75. The van der Waals surface area contributed by atoms with Crippen molar-refractivity contribution in [2.24, 2.45) is 0 Å². The standard InChI is InChI=1S/C13H23NO2/c1-15-13(16-2)8-10-14(11-9-13)12-6-4-3-5-7-12/h6H,3-5,7-11H2,1-2H3. The van der Waals surface area contributed by atoms with Crippen molar-refractivity contribution in [1.82, 2.24) is 4.90 Å². The van der Waals surface area contributed by atoms with E-state index >= 15 is 0 Å². The molecular formula is C13H23NO2. The smallest absolute Gasteiger partial charge is 0.170 e. The van der Waals surface area contributed by atoms with Crippen LogP contribution in [0.4, 0.5) is 0 Å². The maximum Gasteiger partial charge on any atom is 0.170 e. The van der Waals surface area contributed by atoms with Gasteiger partial charge in [0.2, 0.25) is 0 Å². The van der Waals surface area contributed by atoms with E-state index in [-0.39, 0.29) is 5.79 Å². The van der Waals surface area contributed by atoms with Crippen molar-refractivity contribution in [2.45, 2.75) is 44.3 Å². The van der Waals surface area contributed by atoms with E-state index in [9.17, 15) is 0 Å². The number of likely N-dealkylation sites (tertiary alicyclic amines) is 1. The molecule has 0 saturated carbocycles. The SMILES string of the molecule is COC1(OC)CCN(C2=CCCCC2)CC1. The van der Waals surface area contributed by atoms with Gasteiger partial charge in [-0.15, -0.1) is 0 Å². The molecule has 0 radical (unpaired) electrons. The third-order valence-corrected chi connectivity index (χ3v) is 3.94. The predicted molar refractivity (Wildman–Crippen MR) is 64.1 cm³/mol. The number of methoxy groups -OCH3 is 2. The second kappa shape index (κ2) is 5.19.